The van der Waals surface area contributed by atoms with E-state index in [9.17, 15) is 0 Å². The summed E-state index contributed by atoms with van der Waals surface area (Å²) in [6.45, 7) is 3.54. The van der Waals surface area contributed by atoms with Gasteiger partial charge < -0.3 is 14.5 Å². The molecule has 114 valence electrons. The van der Waals surface area contributed by atoms with Gasteiger partial charge in [-0.1, -0.05) is 17.7 Å². The summed E-state index contributed by atoms with van der Waals surface area (Å²) in [7, 11) is 8.01. The van der Waals surface area contributed by atoms with Crippen molar-refractivity contribution in [2.45, 2.75) is 13.3 Å². The van der Waals surface area contributed by atoms with Crippen molar-refractivity contribution >= 4 is 29.9 Å². The third kappa shape index (κ3) is 6.98. The first-order valence-electron chi connectivity index (χ1n) is 6.59. The van der Waals surface area contributed by atoms with Crippen LogP contribution in [0.4, 0.5) is 0 Å². The van der Waals surface area contributed by atoms with Crippen molar-refractivity contribution in [2.24, 2.45) is 4.99 Å². The van der Waals surface area contributed by atoms with Crippen LogP contribution in [0.5, 0.6) is 5.75 Å². The maximum atomic E-state index is 5.67. The monoisotopic (exact) mass is 391 g/mol. The topological polar surface area (TPSA) is 28.1 Å². The Bertz CT molecular complexity index is 392. The Morgan fingerprint density at radius 3 is 2.10 bits per heavy atom. The van der Waals surface area contributed by atoms with Crippen molar-refractivity contribution in [1.29, 1.82) is 0 Å². The van der Waals surface area contributed by atoms with Crippen LogP contribution in [0.2, 0.25) is 0 Å². The summed E-state index contributed by atoms with van der Waals surface area (Å²) >= 11 is 0. The maximum absolute atomic E-state index is 5.67. The standard InChI is InChI=1S/C15H25N3O.HI/c1-13-7-9-14(10-8-13)19-12-6-11-16-15(17(2)3)18(4)5;/h7-10H,6,11-12H2,1-5H3;1H. The molecule has 0 N–H and O–H groups in total. The van der Waals surface area contributed by atoms with Crippen LogP contribution in [0.3, 0.4) is 0 Å². The molecule has 1 aromatic rings. The SMILES string of the molecule is Cc1ccc(OCCCN=C(N(C)C)N(C)C)cc1.I. The van der Waals surface area contributed by atoms with Gasteiger partial charge in [0.05, 0.1) is 6.61 Å². The predicted molar refractivity (Wildman–Crippen MR) is 96.4 cm³/mol. The molecule has 0 aliphatic carbocycles. The highest BCUT2D eigenvalue weighted by Crippen LogP contribution is 2.11. The second-order valence-electron chi connectivity index (χ2n) is 4.99. The first kappa shape index (κ1) is 19.0. The van der Waals surface area contributed by atoms with E-state index in [0.717, 1.165) is 24.7 Å². The van der Waals surface area contributed by atoms with Crippen molar-refractivity contribution in [3.8, 4) is 5.75 Å². The van der Waals surface area contributed by atoms with Gasteiger partial charge in [0.15, 0.2) is 5.96 Å². The molecule has 5 heteroatoms. The van der Waals surface area contributed by atoms with Gasteiger partial charge in [0, 0.05) is 41.2 Å². The lowest BCUT2D eigenvalue weighted by Crippen LogP contribution is -2.35. The molecular formula is C15H26IN3O. The summed E-state index contributed by atoms with van der Waals surface area (Å²) in [5, 5.41) is 0. The van der Waals surface area contributed by atoms with Crippen molar-refractivity contribution in [2.75, 3.05) is 41.3 Å². The zero-order valence-corrected chi connectivity index (χ0v) is 15.4. The Morgan fingerprint density at radius 2 is 1.60 bits per heavy atom. The van der Waals surface area contributed by atoms with Gasteiger partial charge in [-0.2, -0.15) is 0 Å². The number of ether oxygens (including phenoxy) is 1. The van der Waals surface area contributed by atoms with E-state index < -0.39 is 0 Å². The smallest absolute Gasteiger partial charge is 0.195 e. The van der Waals surface area contributed by atoms with Crippen LogP contribution in [0.15, 0.2) is 29.3 Å². The van der Waals surface area contributed by atoms with Crippen LogP contribution in [0.1, 0.15) is 12.0 Å². The Morgan fingerprint density at radius 1 is 1.05 bits per heavy atom. The van der Waals surface area contributed by atoms with Gasteiger partial charge in [-0.15, -0.1) is 24.0 Å². The summed E-state index contributed by atoms with van der Waals surface area (Å²) < 4.78 is 5.67. The molecule has 0 radical (unpaired) electrons. The average Bonchev–Trinajstić information content (AvgIpc) is 2.34. The van der Waals surface area contributed by atoms with Crippen LogP contribution in [-0.2, 0) is 0 Å². The fraction of sp³-hybridized carbons (Fsp3) is 0.533. The van der Waals surface area contributed by atoms with E-state index in [2.05, 4.69) is 24.0 Å². The normalized spacial score (nSPS) is 9.45. The summed E-state index contributed by atoms with van der Waals surface area (Å²) in [4.78, 5) is 8.59. The largest absolute Gasteiger partial charge is 0.494 e. The third-order valence-corrected chi connectivity index (χ3v) is 2.65. The Kier molecular flexibility index (Phi) is 9.37. The summed E-state index contributed by atoms with van der Waals surface area (Å²) in [6.07, 6.45) is 0.916. The Hall–Kier alpha value is -0.980. The zero-order chi connectivity index (χ0) is 14.3. The number of halogens is 1. The summed E-state index contributed by atoms with van der Waals surface area (Å²) in [5.41, 5.74) is 1.25. The van der Waals surface area contributed by atoms with E-state index in [0.29, 0.717) is 6.61 Å². The number of hydrogen-bond donors (Lipinski definition) is 0. The van der Waals surface area contributed by atoms with Crippen molar-refractivity contribution in [3.05, 3.63) is 29.8 Å². The lowest BCUT2D eigenvalue weighted by Gasteiger charge is -2.22. The van der Waals surface area contributed by atoms with Crippen molar-refractivity contribution < 1.29 is 4.74 Å². The van der Waals surface area contributed by atoms with Crippen LogP contribution in [0.25, 0.3) is 0 Å². The quantitative estimate of drug-likeness (QED) is 0.335. The molecule has 1 aromatic carbocycles. The minimum Gasteiger partial charge on any atom is -0.494 e. The first-order valence-corrected chi connectivity index (χ1v) is 6.59. The molecule has 0 unspecified atom stereocenters. The highest BCUT2D eigenvalue weighted by atomic mass is 127. The van der Waals surface area contributed by atoms with Gasteiger partial charge in [0.1, 0.15) is 5.75 Å². The summed E-state index contributed by atoms with van der Waals surface area (Å²) in [5.74, 6) is 1.91. The second-order valence-corrected chi connectivity index (χ2v) is 4.99. The molecule has 0 aliphatic heterocycles. The molecule has 0 aromatic heterocycles. The molecule has 0 bridgehead atoms. The number of benzene rings is 1. The minimum atomic E-state index is 0. The third-order valence-electron chi connectivity index (χ3n) is 2.65. The molecule has 0 heterocycles. The lowest BCUT2D eigenvalue weighted by atomic mass is 10.2. The number of rotatable bonds is 5. The molecule has 0 aliphatic rings. The van der Waals surface area contributed by atoms with Crippen LogP contribution in [-0.4, -0.2) is 57.1 Å². The number of hydrogen-bond acceptors (Lipinski definition) is 2. The van der Waals surface area contributed by atoms with Gasteiger partial charge in [0.25, 0.3) is 0 Å². The Balaban J connectivity index is 0.00000361. The molecular weight excluding hydrogens is 365 g/mol. The number of aryl methyl sites for hydroxylation is 1. The van der Waals surface area contributed by atoms with Crippen molar-refractivity contribution in [3.63, 3.8) is 0 Å². The number of nitrogens with zero attached hydrogens (tertiary/aromatic N) is 3. The van der Waals surface area contributed by atoms with E-state index in [4.69, 9.17) is 4.74 Å². The van der Waals surface area contributed by atoms with Gasteiger partial charge in [-0.05, 0) is 19.1 Å². The lowest BCUT2D eigenvalue weighted by molar-refractivity contribution is 0.313. The predicted octanol–water partition coefficient (Wildman–Crippen LogP) is 2.86. The van der Waals surface area contributed by atoms with Crippen LogP contribution < -0.4 is 4.74 Å². The van der Waals surface area contributed by atoms with Gasteiger partial charge >= 0.3 is 0 Å². The van der Waals surface area contributed by atoms with E-state index in [1.165, 1.54) is 5.56 Å². The molecule has 0 saturated carbocycles. The van der Waals surface area contributed by atoms with E-state index in [1.807, 2.05) is 50.1 Å². The molecule has 0 saturated heterocycles. The Labute approximate surface area is 139 Å². The number of guanidine groups is 1. The van der Waals surface area contributed by atoms with Crippen LogP contribution in [0, 0.1) is 6.92 Å². The second kappa shape index (κ2) is 9.85. The maximum Gasteiger partial charge on any atom is 0.195 e. The van der Waals surface area contributed by atoms with E-state index in [1.54, 1.807) is 0 Å². The molecule has 0 spiro atoms. The summed E-state index contributed by atoms with van der Waals surface area (Å²) in [6, 6.07) is 8.13. The van der Waals surface area contributed by atoms with Crippen LogP contribution >= 0.6 is 24.0 Å². The van der Waals surface area contributed by atoms with Gasteiger partial charge in [0.2, 0.25) is 0 Å². The molecule has 0 atom stereocenters. The number of aliphatic imine (C=N–C) groups is 1. The van der Waals surface area contributed by atoms with Gasteiger partial charge in [-0.25, -0.2) is 0 Å². The van der Waals surface area contributed by atoms with Gasteiger partial charge in [-0.3, -0.25) is 4.99 Å². The minimum absolute atomic E-state index is 0. The average molecular weight is 391 g/mol. The highest BCUT2D eigenvalue weighted by molar-refractivity contribution is 14.0. The van der Waals surface area contributed by atoms with E-state index in [-0.39, 0.29) is 24.0 Å². The molecule has 4 nitrogen and oxygen atoms in total. The molecule has 1 rings (SSSR count). The molecule has 20 heavy (non-hydrogen) atoms. The molecule has 0 fully saturated rings. The first-order chi connectivity index (χ1) is 9.00. The fourth-order valence-electron chi connectivity index (χ4n) is 1.75. The zero-order valence-electron chi connectivity index (χ0n) is 13.1. The van der Waals surface area contributed by atoms with Crippen molar-refractivity contribution in [1.82, 2.24) is 9.80 Å². The van der Waals surface area contributed by atoms with E-state index >= 15 is 0 Å². The highest BCUT2D eigenvalue weighted by Gasteiger charge is 2.02. The fourth-order valence-corrected chi connectivity index (χ4v) is 1.75. The molecule has 0 amide bonds.